The van der Waals surface area contributed by atoms with Crippen molar-refractivity contribution in [3.63, 3.8) is 0 Å². The molecule has 1 atom stereocenters. The SMILES string of the molecule is CCC(Sc1nc(-c2ccccc2)c(C#N)c(=O)[nH]1)C(=O)Nc1sc2c(c1C#N)CCCC2. The van der Waals surface area contributed by atoms with Crippen molar-refractivity contribution in [1.82, 2.24) is 9.97 Å². The summed E-state index contributed by atoms with van der Waals surface area (Å²) < 4.78 is 0. The molecule has 2 N–H and O–H groups in total. The molecule has 0 aliphatic heterocycles. The van der Waals surface area contributed by atoms with Crippen molar-refractivity contribution < 1.29 is 4.79 Å². The molecule has 1 amide bonds. The zero-order chi connectivity index (χ0) is 23.4. The molecule has 0 fully saturated rings. The summed E-state index contributed by atoms with van der Waals surface area (Å²) in [6, 6.07) is 13.2. The molecule has 1 unspecified atom stereocenters. The molecule has 9 heteroatoms. The van der Waals surface area contributed by atoms with Crippen LogP contribution in [0.25, 0.3) is 11.3 Å². The molecule has 7 nitrogen and oxygen atoms in total. The van der Waals surface area contributed by atoms with E-state index in [1.165, 1.54) is 16.2 Å². The van der Waals surface area contributed by atoms with Gasteiger partial charge in [-0.2, -0.15) is 10.5 Å². The van der Waals surface area contributed by atoms with E-state index >= 15 is 0 Å². The van der Waals surface area contributed by atoms with Crippen LogP contribution in [0.4, 0.5) is 5.00 Å². The first-order valence-electron chi connectivity index (χ1n) is 10.7. The number of amides is 1. The van der Waals surface area contributed by atoms with E-state index in [1.54, 1.807) is 12.1 Å². The Morgan fingerprint density at radius 1 is 1.21 bits per heavy atom. The lowest BCUT2D eigenvalue weighted by molar-refractivity contribution is -0.115. The minimum atomic E-state index is -0.540. The van der Waals surface area contributed by atoms with Gasteiger partial charge >= 0.3 is 0 Å². The lowest BCUT2D eigenvalue weighted by Gasteiger charge is -2.14. The average molecular weight is 476 g/mol. The van der Waals surface area contributed by atoms with Crippen LogP contribution in [-0.4, -0.2) is 21.1 Å². The second-order valence-electron chi connectivity index (χ2n) is 7.60. The zero-order valence-electron chi connectivity index (χ0n) is 18.0. The summed E-state index contributed by atoms with van der Waals surface area (Å²) in [5.41, 5.74) is 1.97. The van der Waals surface area contributed by atoms with Crippen molar-refractivity contribution in [2.45, 2.75) is 49.4 Å². The normalized spacial score (nSPS) is 13.4. The second kappa shape index (κ2) is 10.0. The minimum Gasteiger partial charge on any atom is -0.316 e. The summed E-state index contributed by atoms with van der Waals surface area (Å²) in [6.07, 6.45) is 4.46. The summed E-state index contributed by atoms with van der Waals surface area (Å²) in [5, 5.41) is 22.4. The largest absolute Gasteiger partial charge is 0.316 e. The van der Waals surface area contributed by atoms with Crippen molar-refractivity contribution in [3.05, 3.63) is 62.3 Å². The standard InChI is InChI=1S/C24H21N5O2S2/c1-2-18(22(31)28-23-16(12-25)15-10-6-7-11-19(15)32-23)33-24-27-20(14-8-4-3-5-9-14)17(13-26)21(30)29-24/h3-5,8-9,18H,2,6-7,10-11H2,1H3,(H,28,31)(H,27,29,30). The van der Waals surface area contributed by atoms with Crippen molar-refractivity contribution in [1.29, 1.82) is 10.5 Å². The molecule has 3 aromatic rings. The zero-order valence-corrected chi connectivity index (χ0v) is 19.6. The fraction of sp³-hybridized carbons (Fsp3) is 0.292. The molecule has 166 valence electrons. The van der Waals surface area contributed by atoms with Crippen LogP contribution in [0.1, 0.15) is 47.8 Å². The van der Waals surface area contributed by atoms with E-state index in [2.05, 4.69) is 21.4 Å². The summed E-state index contributed by atoms with van der Waals surface area (Å²) >= 11 is 2.62. The highest BCUT2D eigenvalue weighted by atomic mass is 32.2. The topological polar surface area (TPSA) is 122 Å². The number of anilines is 1. The number of nitriles is 2. The Hall–Kier alpha value is -3.40. The molecule has 0 radical (unpaired) electrons. The van der Waals surface area contributed by atoms with Gasteiger partial charge in [-0.25, -0.2) is 4.98 Å². The van der Waals surface area contributed by atoms with E-state index in [-0.39, 0.29) is 22.3 Å². The van der Waals surface area contributed by atoms with Gasteiger partial charge in [-0.05, 0) is 37.7 Å². The van der Waals surface area contributed by atoms with Gasteiger partial charge < -0.3 is 10.3 Å². The van der Waals surface area contributed by atoms with E-state index < -0.39 is 10.8 Å². The number of thioether (sulfide) groups is 1. The Bertz CT molecular complexity index is 1330. The maximum atomic E-state index is 13.1. The van der Waals surface area contributed by atoms with Crippen molar-refractivity contribution >= 4 is 34.0 Å². The summed E-state index contributed by atoms with van der Waals surface area (Å²) in [4.78, 5) is 33.9. The number of aryl methyl sites for hydroxylation is 1. The molecule has 1 aromatic carbocycles. The Labute approximate surface area is 199 Å². The van der Waals surface area contributed by atoms with E-state index in [0.717, 1.165) is 43.0 Å². The Morgan fingerprint density at radius 2 is 1.94 bits per heavy atom. The van der Waals surface area contributed by atoms with Crippen molar-refractivity contribution in [2.24, 2.45) is 0 Å². The van der Waals surface area contributed by atoms with Gasteiger partial charge in [-0.3, -0.25) is 9.59 Å². The molecule has 4 rings (SSSR count). The van der Waals surface area contributed by atoms with Gasteiger partial charge in [0.15, 0.2) is 5.16 Å². The third-order valence-corrected chi connectivity index (χ3v) is 7.95. The minimum absolute atomic E-state index is 0.0640. The fourth-order valence-electron chi connectivity index (χ4n) is 3.84. The number of H-pyrrole nitrogens is 1. The lowest BCUT2D eigenvalue weighted by Crippen LogP contribution is -2.25. The number of hydrogen-bond acceptors (Lipinski definition) is 7. The first kappa shape index (κ1) is 22.8. The molecule has 2 heterocycles. The predicted molar refractivity (Wildman–Crippen MR) is 129 cm³/mol. The van der Waals surface area contributed by atoms with Crippen LogP contribution < -0.4 is 10.9 Å². The van der Waals surface area contributed by atoms with Gasteiger partial charge in [0.25, 0.3) is 5.56 Å². The first-order chi connectivity index (χ1) is 16.0. The number of nitrogens with one attached hydrogen (secondary N) is 2. The smallest absolute Gasteiger partial charge is 0.270 e. The average Bonchev–Trinajstić information content (AvgIpc) is 3.19. The maximum Gasteiger partial charge on any atom is 0.270 e. The van der Waals surface area contributed by atoms with E-state index in [9.17, 15) is 20.1 Å². The van der Waals surface area contributed by atoms with Gasteiger partial charge in [0, 0.05) is 10.4 Å². The number of carbonyl (C=O) groups excluding carboxylic acids is 1. The van der Waals surface area contributed by atoms with Crippen LogP contribution in [0, 0.1) is 22.7 Å². The molecule has 33 heavy (non-hydrogen) atoms. The van der Waals surface area contributed by atoms with Crippen LogP contribution in [0.2, 0.25) is 0 Å². The lowest BCUT2D eigenvalue weighted by atomic mass is 9.96. The van der Waals surface area contributed by atoms with Crippen LogP contribution in [0.15, 0.2) is 40.3 Å². The summed E-state index contributed by atoms with van der Waals surface area (Å²) in [6.45, 7) is 1.88. The van der Waals surface area contributed by atoms with Crippen LogP contribution in [0.5, 0.6) is 0 Å². The highest BCUT2D eigenvalue weighted by molar-refractivity contribution is 8.00. The summed E-state index contributed by atoms with van der Waals surface area (Å²) in [5.74, 6) is -0.245. The van der Waals surface area contributed by atoms with Gasteiger partial charge in [-0.1, -0.05) is 49.0 Å². The molecule has 1 aliphatic rings. The molecule has 0 saturated carbocycles. The van der Waals surface area contributed by atoms with E-state index in [4.69, 9.17) is 0 Å². The summed E-state index contributed by atoms with van der Waals surface area (Å²) in [7, 11) is 0. The Kier molecular flexibility index (Phi) is 6.93. The maximum absolute atomic E-state index is 13.1. The molecule has 0 saturated heterocycles. The predicted octanol–water partition coefficient (Wildman–Crippen LogP) is 4.63. The van der Waals surface area contributed by atoms with Crippen molar-refractivity contribution in [2.75, 3.05) is 5.32 Å². The van der Waals surface area contributed by atoms with Gasteiger partial charge in [0.2, 0.25) is 5.91 Å². The monoisotopic (exact) mass is 475 g/mol. The molecule has 0 bridgehead atoms. The van der Waals surface area contributed by atoms with E-state index in [1.807, 2.05) is 31.2 Å². The number of carbonyl (C=O) groups is 1. The number of aromatic amines is 1. The molecular weight excluding hydrogens is 454 g/mol. The number of aromatic nitrogens is 2. The van der Waals surface area contributed by atoms with Crippen molar-refractivity contribution in [3.8, 4) is 23.4 Å². The number of fused-ring (bicyclic) bond motifs is 1. The van der Waals surface area contributed by atoms with E-state index in [0.29, 0.717) is 22.5 Å². The first-order valence-corrected chi connectivity index (χ1v) is 12.4. The van der Waals surface area contributed by atoms with Crippen LogP contribution in [-0.2, 0) is 17.6 Å². The van der Waals surface area contributed by atoms with Gasteiger partial charge in [-0.15, -0.1) is 11.3 Å². The third kappa shape index (κ3) is 4.70. The second-order valence-corrected chi connectivity index (χ2v) is 9.90. The fourth-order valence-corrected chi connectivity index (χ4v) is 5.98. The van der Waals surface area contributed by atoms with Gasteiger partial charge in [0.05, 0.1) is 16.5 Å². The number of nitrogens with zero attached hydrogens (tertiary/aromatic N) is 3. The third-order valence-electron chi connectivity index (χ3n) is 5.49. The molecule has 0 spiro atoms. The van der Waals surface area contributed by atoms with Crippen LogP contribution in [0.3, 0.4) is 0 Å². The Balaban J connectivity index is 1.60. The quantitative estimate of drug-likeness (QED) is 0.396. The highest BCUT2D eigenvalue weighted by Gasteiger charge is 2.26. The van der Waals surface area contributed by atoms with Gasteiger partial charge in [0.1, 0.15) is 22.7 Å². The Morgan fingerprint density at radius 3 is 2.64 bits per heavy atom. The highest BCUT2D eigenvalue weighted by Crippen LogP contribution is 2.38. The number of thiophene rings is 1. The molecule has 2 aromatic heterocycles. The molecular formula is C24H21N5O2S2. The number of benzene rings is 1. The number of hydrogen-bond donors (Lipinski definition) is 2. The van der Waals surface area contributed by atoms with Crippen LogP contribution >= 0.6 is 23.1 Å². The molecule has 1 aliphatic carbocycles. The number of rotatable bonds is 6.